The quantitative estimate of drug-likeness (QED) is 0.0983. The number of carboxylic acids is 1. The van der Waals surface area contributed by atoms with Gasteiger partial charge >= 0.3 is 12.0 Å². The van der Waals surface area contributed by atoms with E-state index in [0.717, 1.165) is 70.8 Å². The second kappa shape index (κ2) is 23.5. The number of isocyanates is 1. The number of hydrogen-bond donors (Lipinski definition) is 2. The molecule has 0 aliphatic heterocycles. The SMILES string of the molecule is CCCCCCCN(CCO[C@@H]1CCC[C@H](CCC(CC)C(=O)O)C1)C(=O)NC1CCCCC1.O=C=NC1CCCCC1. The van der Waals surface area contributed by atoms with Crippen LogP contribution in [-0.4, -0.2) is 66.0 Å². The molecular weight excluding hydrogens is 542 g/mol. The molecular formula is C35H63N3O5. The van der Waals surface area contributed by atoms with Crippen molar-refractivity contribution in [2.75, 3.05) is 19.7 Å². The molecule has 2 N–H and O–H groups in total. The topological polar surface area (TPSA) is 108 Å². The Labute approximate surface area is 262 Å². The standard InChI is InChI=1S/C28H52N2O4.C7H11NO/c1-3-5-6-7-11-19-30(28(33)29-25-14-9-8-10-15-25)20-21-34-26-16-12-13-23(22-26)17-18-24(4-2)27(31)32;9-6-8-7-4-2-1-3-5-7/h23-26H,3-22H2,1-2H3,(H,29,33)(H,31,32);7H,1-5H2/t23-,24?,26-;/m1./s1. The van der Waals surface area contributed by atoms with Gasteiger partial charge in [-0.2, -0.15) is 0 Å². The Morgan fingerprint density at radius 1 is 0.907 bits per heavy atom. The fourth-order valence-electron chi connectivity index (χ4n) is 6.94. The van der Waals surface area contributed by atoms with Crippen molar-refractivity contribution in [1.29, 1.82) is 0 Å². The number of carboxylic acid groups (broad SMARTS) is 1. The summed E-state index contributed by atoms with van der Waals surface area (Å²) in [4.78, 5) is 39.8. The Bertz CT molecular complexity index is 790. The number of aliphatic carboxylic acids is 1. The van der Waals surface area contributed by atoms with Gasteiger partial charge in [0.15, 0.2) is 0 Å². The lowest BCUT2D eigenvalue weighted by Crippen LogP contribution is -2.47. The molecule has 3 atom stereocenters. The van der Waals surface area contributed by atoms with Crippen molar-refractivity contribution < 1.29 is 24.2 Å². The molecule has 0 spiro atoms. The smallest absolute Gasteiger partial charge is 0.317 e. The molecule has 3 rings (SSSR count). The van der Waals surface area contributed by atoms with Gasteiger partial charge in [0.1, 0.15) is 0 Å². The van der Waals surface area contributed by atoms with Crippen LogP contribution in [0.15, 0.2) is 4.99 Å². The Hall–Kier alpha value is -1.92. The Kier molecular flexibility index (Phi) is 20.3. The third-order valence-corrected chi connectivity index (χ3v) is 9.78. The van der Waals surface area contributed by atoms with Crippen LogP contribution < -0.4 is 5.32 Å². The number of aliphatic imine (C=N–C) groups is 1. The van der Waals surface area contributed by atoms with Crippen LogP contribution >= 0.6 is 0 Å². The van der Waals surface area contributed by atoms with Crippen LogP contribution in [0.4, 0.5) is 4.79 Å². The van der Waals surface area contributed by atoms with Gasteiger partial charge in [0, 0.05) is 19.1 Å². The van der Waals surface area contributed by atoms with Crippen molar-refractivity contribution in [3.05, 3.63) is 0 Å². The Morgan fingerprint density at radius 2 is 1.60 bits per heavy atom. The van der Waals surface area contributed by atoms with Gasteiger partial charge in [0.25, 0.3) is 0 Å². The number of hydrogen-bond acceptors (Lipinski definition) is 5. The van der Waals surface area contributed by atoms with E-state index in [9.17, 15) is 19.5 Å². The molecule has 0 heterocycles. The van der Waals surface area contributed by atoms with E-state index in [0.29, 0.717) is 37.6 Å². The minimum atomic E-state index is -0.660. The first kappa shape index (κ1) is 37.3. The van der Waals surface area contributed by atoms with Gasteiger partial charge in [-0.05, 0) is 70.1 Å². The fourth-order valence-corrected chi connectivity index (χ4v) is 6.94. The van der Waals surface area contributed by atoms with Gasteiger partial charge < -0.3 is 20.1 Å². The van der Waals surface area contributed by atoms with Gasteiger partial charge in [-0.25, -0.2) is 14.6 Å². The number of carbonyl (C=O) groups excluding carboxylic acids is 2. The number of amides is 2. The number of nitrogens with zero attached hydrogens (tertiary/aromatic N) is 2. The summed E-state index contributed by atoms with van der Waals surface area (Å²) >= 11 is 0. The van der Waals surface area contributed by atoms with Crippen LogP contribution in [0.5, 0.6) is 0 Å². The van der Waals surface area contributed by atoms with Crippen LogP contribution in [0, 0.1) is 11.8 Å². The van der Waals surface area contributed by atoms with Crippen LogP contribution in [0.2, 0.25) is 0 Å². The monoisotopic (exact) mass is 605 g/mol. The molecule has 0 saturated heterocycles. The molecule has 3 fully saturated rings. The zero-order valence-corrected chi connectivity index (χ0v) is 27.5. The number of nitrogens with one attached hydrogen (secondary N) is 1. The molecule has 0 radical (unpaired) electrons. The summed E-state index contributed by atoms with van der Waals surface area (Å²) in [6.45, 7) is 6.25. The molecule has 0 aromatic carbocycles. The van der Waals surface area contributed by atoms with Crippen molar-refractivity contribution in [3.63, 3.8) is 0 Å². The maximum atomic E-state index is 13.0. The Morgan fingerprint density at radius 3 is 2.26 bits per heavy atom. The van der Waals surface area contributed by atoms with Crippen LogP contribution in [0.25, 0.3) is 0 Å². The zero-order valence-electron chi connectivity index (χ0n) is 27.5. The molecule has 3 aliphatic carbocycles. The predicted octanol–water partition coefficient (Wildman–Crippen LogP) is 8.42. The summed E-state index contributed by atoms with van der Waals surface area (Å²) in [7, 11) is 0. The number of ether oxygens (including phenoxy) is 1. The van der Waals surface area contributed by atoms with Crippen molar-refractivity contribution in [3.8, 4) is 0 Å². The minimum Gasteiger partial charge on any atom is -0.481 e. The van der Waals surface area contributed by atoms with Crippen molar-refractivity contribution in [1.82, 2.24) is 10.2 Å². The molecule has 8 heteroatoms. The molecule has 0 aromatic rings. The van der Waals surface area contributed by atoms with Crippen LogP contribution in [0.3, 0.4) is 0 Å². The van der Waals surface area contributed by atoms with E-state index >= 15 is 0 Å². The van der Waals surface area contributed by atoms with Gasteiger partial charge in [0.05, 0.1) is 24.7 Å². The number of unbranched alkanes of at least 4 members (excludes halogenated alkanes) is 4. The van der Waals surface area contributed by atoms with E-state index in [1.54, 1.807) is 6.08 Å². The van der Waals surface area contributed by atoms with Crippen LogP contribution in [0.1, 0.15) is 155 Å². The first-order chi connectivity index (χ1) is 21.0. The number of carbonyl (C=O) groups is 2. The maximum Gasteiger partial charge on any atom is 0.317 e. The molecule has 0 aromatic heterocycles. The second-order valence-electron chi connectivity index (χ2n) is 13.2. The third kappa shape index (κ3) is 16.7. The Balaban J connectivity index is 0.000000609. The lowest BCUT2D eigenvalue weighted by atomic mass is 9.82. The lowest BCUT2D eigenvalue weighted by Gasteiger charge is -2.31. The van der Waals surface area contributed by atoms with E-state index in [1.807, 2.05) is 11.8 Å². The maximum absolute atomic E-state index is 13.0. The third-order valence-electron chi connectivity index (χ3n) is 9.78. The number of rotatable bonds is 17. The van der Waals surface area contributed by atoms with Gasteiger partial charge in [-0.1, -0.05) is 90.9 Å². The molecule has 0 bridgehead atoms. The zero-order chi connectivity index (χ0) is 31.1. The molecule has 43 heavy (non-hydrogen) atoms. The minimum absolute atomic E-state index is 0.0896. The van der Waals surface area contributed by atoms with E-state index in [4.69, 9.17) is 4.74 Å². The molecule has 8 nitrogen and oxygen atoms in total. The normalized spacial score (nSPS) is 22.0. The lowest BCUT2D eigenvalue weighted by molar-refractivity contribution is -0.142. The molecule has 1 unspecified atom stereocenters. The highest BCUT2D eigenvalue weighted by atomic mass is 16.5. The first-order valence-electron chi connectivity index (χ1n) is 17.9. The van der Waals surface area contributed by atoms with Crippen LogP contribution in [-0.2, 0) is 14.3 Å². The second-order valence-corrected chi connectivity index (χ2v) is 13.2. The highest BCUT2D eigenvalue weighted by molar-refractivity contribution is 5.74. The summed E-state index contributed by atoms with van der Waals surface area (Å²) in [5.41, 5.74) is 0. The average Bonchev–Trinajstić information content (AvgIpc) is 3.02. The first-order valence-corrected chi connectivity index (χ1v) is 17.9. The van der Waals surface area contributed by atoms with Crippen molar-refractivity contribution in [2.45, 2.75) is 173 Å². The predicted molar refractivity (Wildman–Crippen MR) is 173 cm³/mol. The van der Waals surface area contributed by atoms with E-state index in [-0.39, 0.29) is 18.1 Å². The van der Waals surface area contributed by atoms with E-state index in [1.165, 1.54) is 70.6 Å². The molecule has 248 valence electrons. The largest absolute Gasteiger partial charge is 0.481 e. The van der Waals surface area contributed by atoms with E-state index < -0.39 is 5.97 Å². The summed E-state index contributed by atoms with van der Waals surface area (Å²) in [6, 6.07) is 0.727. The molecule has 3 aliphatic rings. The van der Waals surface area contributed by atoms with Gasteiger partial charge in [-0.15, -0.1) is 0 Å². The summed E-state index contributed by atoms with van der Waals surface area (Å²) in [5.74, 6) is -0.307. The van der Waals surface area contributed by atoms with Gasteiger partial charge in [-0.3, -0.25) is 4.79 Å². The highest BCUT2D eigenvalue weighted by Gasteiger charge is 2.25. The van der Waals surface area contributed by atoms with Crippen molar-refractivity contribution >= 4 is 18.1 Å². The number of urea groups is 1. The highest BCUT2D eigenvalue weighted by Crippen LogP contribution is 2.31. The fraction of sp³-hybridized carbons (Fsp3) is 0.914. The average molecular weight is 606 g/mol. The summed E-state index contributed by atoms with van der Waals surface area (Å²) in [6.07, 6.45) is 26.7. The molecule has 3 saturated carbocycles. The summed E-state index contributed by atoms with van der Waals surface area (Å²) in [5, 5.41) is 12.6. The summed E-state index contributed by atoms with van der Waals surface area (Å²) < 4.78 is 6.27. The van der Waals surface area contributed by atoms with E-state index in [2.05, 4.69) is 17.2 Å². The van der Waals surface area contributed by atoms with Crippen molar-refractivity contribution in [2.24, 2.45) is 16.8 Å². The van der Waals surface area contributed by atoms with Gasteiger partial charge in [0.2, 0.25) is 6.08 Å². The molecule has 2 amide bonds.